The van der Waals surface area contributed by atoms with Gasteiger partial charge in [0.1, 0.15) is 0 Å². The van der Waals surface area contributed by atoms with Crippen molar-refractivity contribution in [1.29, 1.82) is 0 Å². The highest BCUT2D eigenvalue weighted by atomic mass is 35.5. The molecule has 0 aliphatic carbocycles. The van der Waals surface area contributed by atoms with Crippen LogP contribution >= 0.6 is 23.2 Å². The molecule has 0 atom stereocenters. The van der Waals surface area contributed by atoms with Crippen molar-refractivity contribution in [3.05, 3.63) is 152 Å². The van der Waals surface area contributed by atoms with Gasteiger partial charge in [0.2, 0.25) is 0 Å². The van der Waals surface area contributed by atoms with E-state index in [0.29, 0.717) is 45.0 Å². The Kier molecular flexibility index (Phi) is 12.3. The highest BCUT2D eigenvalue weighted by Gasteiger charge is 2.24. The molecule has 2 aliphatic heterocycles. The van der Waals surface area contributed by atoms with E-state index in [1.54, 1.807) is 12.4 Å². The number of rotatable bonds is 10. The minimum atomic E-state index is -0.469. The summed E-state index contributed by atoms with van der Waals surface area (Å²) < 4.78 is 10.4. The van der Waals surface area contributed by atoms with Gasteiger partial charge in [-0.15, -0.1) is 0 Å². The van der Waals surface area contributed by atoms with Crippen LogP contribution in [0.3, 0.4) is 0 Å². The van der Waals surface area contributed by atoms with Crippen molar-refractivity contribution in [1.82, 2.24) is 29.9 Å². The summed E-state index contributed by atoms with van der Waals surface area (Å²) in [5.41, 5.74) is 20.2. The number of nitrogens with zero attached hydrogens (tertiary/aromatic N) is 4. The third kappa shape index (κ3) is 8.45. The number of benzene rings is 2. The average Bonchev–Trinajstić information content (AvgIpc) is 4.12. The number of carbonyl (C=O) groups is 2. The van der Waals surface area contributed by atoms with E-state index in [1.807, 2.05) is 60.7 Å². The monoisotopic (exact) mass is 912 g/mol. The number of hydrogen-bond donors (Lipinski definition) is 2. The first-order valence-electron chi connectivity index (χ1n) is 21.6. The smallest absolute Gasteiger partial charge is 0.311 e. The molecule has 0 saturated heterocycles. The second-order valence-electron chi connectivity index (χ2n) is 16.7. The number of ether oxygens (including phenoxy) is 2. The fraction of sp³-hybridized carbons (Fsp3) is 0.185. The molecular formula is C54H46Cl2N6O4. The Bertz CT molecular complexity index is 3100. The number of hydrogen-bond acceptors (Lipinski definition) is 8. The predicted octanol–water partition coefficient (Wildman–Crippen LogP) is 12.5. The van der Waals surface area contributed by atoms with Crippen LogP contribution < -0.4 is 0 Å². The van der Waals surface area contributed by atoms with Crippen LogP contribution in [0.1, 0.15) is 67.3 Å². The number of H-pyrrole nitrogens is 2. The summed E-state index contributed by atoms with van der Waals surface area (Å²) in [7, 11) is 0. The highest BCUT2D eigenvalue weighted by Crippen LogP contribution is 2.41. The maximum absolute atomic E-state index is 13.0. The van der Waals surface area contributed by atoms with Crippen molar-refractivity contribution in [2.45, 2.75) is 54.4 Å². The molecule has 7 heterocycles. The van der Waals surface area contributed by atoms with Gasteiger partial charge in [0.25, 0.3) is 0 Å². The summed E-state index contributed by atoms with van der Waals surface area (Å²) >= 11 is 11.7. The lowest BCUT2D eigenvalue weighted by molar-refractivity contribution is -0.141. The number of nitrogens with one attached hydrogen (secondary N) is 2. The second-order valence-corrected chi connectivity index (χ2v) is 17.1. The number of alkyl halides is 2. The van der Waals surface area contributed by atoms with E-state index in [-0.39, 0.29) is 25.0 Å². The predicted molar refractivity (Wildman–Crippen MR) is 266 cm³/mol. The fourth-order valence-corrected chi connectivity index (χ4v) is 9.77. The number of aromatic nitrogens is 6. The zero-order valence-corrected chi connectivity index (χ0v) is 38.9. The number of carbonyl (C=O) groups excluding carboxylic acids is 2. The molecular weight excluding hydrogens is 868 g/mol. The Morgan fingerprint density at radius 3 is 1.17 bits per heavy atom. The molecule has 2 aliphatic rings. The van der Waals surface area contributed by atoms with Gasteiger partial charge in [-0.1, -0.05) is 70.7 Å². The van der Waals surface area contributed by atoms with E-state index in [0.717, 1.165) is 89.1 Å². The van der Waals surface area contributed by atoms with Gasteiger partial charge < -0.3 is 19.4 Å². The number of aromatic amines is 2. The minimum absolute atomic E-state index is 0.0467. The summed E-state index contributed by atoms with van der Waals surface area (Å²) in [6.45, 7) is 12.7. The van der Waals surface area contributed by atoms with Crippen LogP contribution in [0, 0.1) is 41.5 Å². The molecule has 0 amide bonds. The van der Waals surface area contributed by atoms with E-state index in [4.69, 9.17) is 52.6 Å². The van der Waals surface area contributed by atoms with Crippen LogP contribution in [-0.4, -0.2) is 54.0 Å². The van der Waals surface area contributed by atoms with Gasteiger partial charge in [0.05, 0.1) is 58.0 Å². The normalized spacial score (nSPS) is 11.9. The minimum Gasteiger partial charge on any atom is -0.449 e. The molecule has 5 aromatic heterocycles. The third-order valence-electron chi connectivity index (χ3n) is 12.0. The molecule has 0 fully saturated rings. The molecule has 66 heavy (non-hydrogen) atoms. The van der Waals surface area contributed by atoms with Gasteiger partial charge in [-0.25, -0.2) is 9.97 Å². The van der Waals surface area contributed by atoms with Crippen LogP contribution in [0.2, 0.25) is 0 Å². The lowest BCUT2D eigenvalue weighted by Crippen LogP contribution is -2.08. The molecule has 2 aromatic carbocycles. The van der Waals surface area contributed by atoms with Gasteiger partial charge >= 0.3 is 11.9 Å². The molecule has 0 unspecified atom stereocenters. The maximum atomic E-state index is 13.0. The van der Waals surface area contributed by atoms with Gasteiger partial charge in [-0.3, -0.25) is 19.6 Å². The van der Waals surface area contributed by atoms with Gasteiger partial charge in [0, 0.05) is 45.7 Å². The molecule has 0 radical (unpaired) electrons. The number of fused-ring (bicyclic) bond motifs is 8. The largest absolute Gasteiger partial charge is 0.449 e. The molecule has 0 saturated carbocycles. The molecule has 10 nitrogen and oxygen atoms in total. The Morgan fingerprint density at radius 1 is 0.485 bits per heavy atom. The number of pyridine rings is 2. The Balaban J connectivity index is 1.48. The molecule has 330 valence electrons. The molecule has 2 N–H and O–H groups in total. The standard InChI is InChI=1S/C54H46Cl2N6O4/c1-29-21-31(3)47(32(4)22-29)49-37-11-15-41(59-37)51(53-35(9-7-19-57-53)25-45(63)65-27-55)43-17-13-39(61-43)50(48-33(5)23-30(2)24-34(48)6)40-14-18-44(62-40)52(42-16-12-38(49)60-42)54-36(10-8-20-58-54)26-46(64)66-28-56/h7-24,59,62H,25-28H2,1-6H3. The summed E-state index contributed by atoms with van der Waals surface area (Å²) in [5.74, 6) is -0.939. The third-order valence-corrected chi connectivity index (χ3v) is 12.2. The first-order chi connectivity index (χ1) is 31.9. The van der Waals surface area contributed by atoms with Crippen LogP contribution in [-0.2, 0) is 31.9 Å². The SMILES string of the molecule is Cc1cc(C)c(-c2c3nc(c(-c4ncccc4CC(=O)OCCl)c4ccc([nH]4)c(-c4c(C)cc(C)cc4C)c4nc(c(-c5ncccc5CC(=O)OCCl)c5ccc2[nH]5)C=C4)C=C3)c(C)c1. The van der Waals surface area contributed by atoms with E-state index in [1.165, 1.54) is 0 Å². The Morgan fingerprint density at radius 2 is 0.818 bits per heavy atom. The highest BCUT2D eigenvalue weighted by molar-refractivity contribution is 6.17. The van der Waals surface area contributed by atoms with E-state index < -0.39 is 11.9 Å². The van der Waals surface area contributed by atoms with Crippen molar-refractivity contribution in [3.63, 3.8) is 0 Å². The topological polar surface area (TPSA) is 136 Å². The van der Waals surface area contributed by atoms with E-state index in [9.17, 15) is 9.59 Å². The van der Waals surface area contributed by atoms with Crippen LogP contribution in [0.4, 0.5) is 0 Å². The Labute approximate surface area is 392 Å². The summed E-state index contributed by atoms with van der Waals surface area (Å²) in [4.78, 5) is 54.4. The zero-order valence-electron chi connectivity index (χ0n) is 37.4. The van der Waals surface area contributed by atoms with Crippen molar-refractivity contribution in [2.24, 2.45) is 0 Å². The molecule has 0 spiro atoms. The van der Waals surface area contributed by atoms with Crippen molar-refractivity contribution < 1.29 is 19.1 Å². The zero-order chi connectivity index (χ0) is 46.2. The quantitative estimate of drug-likeness (QED) is 0.102. The van der Waals surface area contributed by atoms with E-state index in [2.05, 4.69) is 87.9 Å². The van der Waals surface area contributed by atoms with Crippen molar-refractivity contribution >= 4 is 81.5 Å². The lowest BCUT2D eigenvalue weighted by atomic mass is 9.92. The van der Waals surface area contributed by atoms with Gasteiger partial charge in [-0.05, 0) is 147 Å². The fourth-order valence-electron chi connectivity index (χ4n) is 9.53. The molecule has 9 rings (SSSR count). The molecule has 7 aromatic rings. The Hall–Kier alpha value is -7.14. The average molecular weight is 914 g/mol. The van der Waals surface area contributed by atoms with Crippen molar-refractivity contribution in [3.8, 4) is 44.8 Å². The summed E-state index contributed by atoms with van der Waals surface area (Å²) in [5, 5.41) is 0. The van der Waals surface area contributed by atoms with Crippen LogP contribution in [0.25, 0.3) is 91.1 Å². The van der Waals surface area contributed by atoms with Crippen molar-refractivity contribution in [2.75, 3.05) is 12.1 Å². The lowest BCUT2D eigenvalue weighted by Gasteiger charge is -2.14. The van der Waals surface area contributed by atoms with Crippen LogP contribution in [0.15, 0.2) is 85.2 Å². The first kappa shape index (κ1) is 44.1. The first-order valence-corrected chi connectivity index (χ1v) is 22.6. The number of halogens is 2. The summed E-state index contributed by atoms with van der Waals surface area (Å²) in [6.07, 6.45) is 11.4. The molecule has 12 heteroatoms. The molecule has 8 bridgehead atoms. The van der Waals surface area contributed by atoms with Gasteiger partial charge in [0.15, 0.2) is 12.1 Å². The van der Waals surface area contributed by atoms with Gasteiger partial charge in [-0.2, -0.15) is 0 Å². The maximum Gasteiger partial charge on any atom is 0.311 e. The second kappa shape index (κ2) is 18.4. The number of aryl methyl sites for hydroxylation is 6. The van der Waals surface area contributed by atoms with Crippen LogP contribution in [0.5, 0.6) is 0 Å². The number of esters is 2. The summed E-state index contributed by atoms with van der Waals surface area (Å²) in [6, 6.07) is 23.8. The van der Waals surface area contributed by atoms with E-state index >= 15 is 0 Å².